The van der Waals surface area contributed by atoms with Gasteiger partial charge in [-0.15, -0.1) is 0 Å². The minimum Gasteiger partial charge on any atom is -0.473 e. The van der Waals surface area contributed by atoms with Crippen LogP contribution in [0.4, 0.5) is 0 Å². The molecule has 7 nitrogen and oxygen atoms in total. The molecule has 0 saturated carbocycles. The monoisotopic (exact) mass is 406 g/mol. The van der Waals surface area contributed by atoms with Gasteiger partial charge in [0.1, 0.15) is 6.61 Å². The zero-order valence-corrected chi connectivity index (χ0v) is 18.1. The normalized spacial score (nSPS) is 11.4. The molecule has 7 heteroatoms. The topological polar surface area (TPSA) is 76.4 Å². The van der Waals surface area contributed by atoms with Gasteiger partial charge in [0.05, 0.1) is 12.2 Å². The zero-order chi connectivity index (χ0) is 21.3. The second-order valence-electron chi connectivity index (χ2n) is 7.06. The smallest absolute Gasteiger partial charge is 0.218 e. The molecule has 2 aromatic heterocycles. The van der Waals surface area contributed by atoms with E-state index < -0.39 is 0 Å². The van der Waals surface area contributed by atoms with Crippen LogP contribution in [0.2, 0.25) is 0 Å². The Morgan fingerprint density at radius 2 is 1.90 bits per heavy atom. The first-order chi connectivity index (χ1) is 14.6. The van der Waals surface area contributed by atoms with Gasteiger partial charge in [0, 0.05) is 43.2 Å². The average molecular weight is 407 g/mol. The predicted octanol–water partition coefficient (Wildman–Crippen LogP) is 3.27. The van der Waals surface area contributed by atoms with Crippen molar-refractivity contribution in [3.8, 4) is 5.88 Å². The van der Waals surface area contributed by atoms with E-state index in [1.807, 2.05) is 61.1 Å². The Balaban J connectivity index is 1.67. The van der Waals surface area contributed by atoms with Crippen LogP contribution in [0.15, 0.2) is 53.7 Å². The number of aliphatic imine (C=N–C) groups is 1. The van der Waals surface area contributed by atoms with Gasteiger partial charge in [0.25, 0.3) is 0 Å². The third-order valence-corrected chi connectivity index (χ3v) is 4.91. The highest BCUT2D eigenvalue weighted by atomic mass is 16.5. The van der Waals surface area contributed by atoms with Crippen molar-refractivity contribution in [1.82, 2.24) is 25.4 Å². The lowest BCUT2D eigenvalue weighted by Crippen LogP contribution is -2.37. The van der Waals surface area contributed by atoms with Crippen molar-refractivity contribution in [1.29, 1.82) is 0 Å². The van der Waals surface area contributed by atoms with Gasteiger partial charge in [0.2, 0.25) is 5.88 Å². The Labute approximate surface area is 178 Å². The van der Waals surface area contributed by atoms with Gasteiger partial charge in [-0.1, -0.05) is 36.4 Å². The Hall–Kier alpha value is -3.35. The van der Waals surface area contributed by atoms with Gasteiger partial charge >= 0.3 is 0 Å². The molecule has 0 unspecified atom stereocenters. The van der Waals surface area contributed by atoms with Crippen LogP contribution in [-0.4, -0.2) is 27.3 Å². The van der Waals surface area contributed by atoms with Gasteiger partial charge < -0.3 is 15.4 Å². The molecule has 0 spiro atoms. The van der Waals surface area contributed by atoms with Crippen LogP contribution in [0.3, 0.4) is 0 Å². The number of nitrogens with zero attached hydrogens (tertiary/aromatic N) is 4. The molecule has 30 heavy (non-hydrogen) atoms. The number of guanidine groups is 1. The highest BCUT2D eigenvalue weighted by Gasteiger charge is 2.10. The molecule has 0 amide bonds. The maximum absolute atomic E-state index is 5.95. The van der Waals surface area contributed by atoms with Gasteiger partial charge in [-0.05, 0) is 32.4 Å². The van der Waals surface area contributed by atoms with Crippen LogP contribution in [0.5, 0.6) is 5.88 Å². The summed E-state index contributed by atoms with van der Waals surface area (Å²) in [7, 11) is 1.96. The lowest BCUT2D eigenvalue weighted by molar-refractivity contribution is 0.290. The van der Waals surface area contributed by atoms with Crippen molar-refractivity contribution in [2.45, 2.75) is 40.5 Å². The maximum atomic E-state index is 5.95. The van der Waals surface area contributed by atoms with Crippen LogP contribution in [0.25, 0.3) is 0 Å². The second kappa shape index (κ2) is 10.4. The van der Waals surface area contributed by atoms with E-state index in [2.05, 4.69) is 34.6 Å². The Morgan fingerprint density at radius 3 is 2.60 bits per heavy atom. The molecular weight excluding hydrogens is 376 g/mol. The molecule has 2 heterocycles. The van der Waals surface area contributed by atoms with Gasteiger partial charge in [-0.2, -0.15) is 5.10 Å². The lowest BCUT2D eigenvalue weighted by atomic mass is 10.2. The molecule has 0 radical (unpaired) electrons. The highest BCUT2D eigenvalue weighted by Crippen LogP contribution is 2.17. The molecule has 3 aromatic rings. The van der Waals surface area contributed by atoms with Crippen molar-refractivity contribution in [3.05, 3.63) is 76.7 Å². The van der Waals surface area contributed by atoms with E-state index in [1.54, 1.807) is 6.20 Å². The summed E-state index contributed by atoms with van der Waals surface area (Å²) in [4.78, 5) is 9.12. The molecule has 0 fully saturated rings. The first-order valence-electron chi connectivity index (χ1n) is 10.2. The summed E-state index contributed by atoms with van der Waals surface area (Å²) in [6.07, 6.45) is 1.74. The maximum Gasteiger partial charge on any atom is 0.218 e. The lowest BCUT2D eigenvalue weighted by Gasteiger charge is -2.13. The number of ether oxygens (including phenoxy) is 1. The van der Waals surface area contributed by atoms with Gasteiger partial charge in [-0.25, -0.2) is 9.98 Å². The molecular formula is C23H30N6O. The SMILES string of the molecule is CCNC(=NCc1cccnc1OCc1ccccc1)NCc1c(C)nn(C)c1C. The quantitative estimate of drug-likeness (QED) is 0.444. The fraction of sp³-hybridized carbons (Fsp3) is 0.348. The highest BCUT2D eigenvalue weighted by molar-refractivity contribution is 5.79. The number of aryl methyl sites for hydroxylation is 2. The molecule has 0 atom stereocenters. The second-order valence-corrected chi connectivity index (χ2v) is 7.06. The summed E-state index contributed by atoms with van der Waals surface area (Å²) in [6, 6.07) is 14.0. The van der Waals surface area contributed by atoms with Crippen molar-refractivity contribution >= 4 is 5.96 Å². The Morgan fingerprint density at radius 1 is 1.10 bits per heavy atom. The number of rotatable bonds is 8. The Bertz CT molecular complexity index is 981. The standard InChI is InChI=1S/C23H30N6O/c1-5-24-23(27-15-21-17(2)28-29(4)18(21)3)26-14-20-12-9-13-25-22(20)30-16-19-10-7-6-8-11-19/h6-13H,5,14-16H2,1-4H3,(H2,24,26,27). The molecule has 3 rings (SSSR count). The molecule has 0 aliphatic carbocycles. The van der Waals surface area contributed by atoms with E-state index in [9.17, 15) is 0 Å². The third-order valence-electron chi connectivity index (χ3n) is 4.91. The third kappa shape index (κ3) is 5.59. The van der Waals surface area contributed by atoms with E-state index in [0.717, 1.165) is 35.0 Å². The van der Waals surface area contributed by atoms with Crippen LogP contribution in [-0.2, 0) is 26.7 Å². The van der Waals surface area contributed by atoms with Crippen LogP contribution in [0, 0.1) is 13.8 Å². The van der Waals surface area contributed by atoms with Gasteiger partial charge in [0.15, 0.2) is 5.96 Å². The summed E-state index contributed by atoms with van der Waals surface area (Å²) in [5.41, 5.74) is 5.42. The van der Waals surface area contributed by atoms with Crippen molar-refractivity contribution < 1.29 is 4.74 Å². The molecule has 1 aromatic carbocycles. The van der Waals surface area contributed by atoms with Crippen LogP contribution < -0.4 is 15.4 Å². The van der Waals surface area contributed by atoms with E-state index >= 15 is 0 Å². The number of hydrogen-bond donors (Lipinski definition) is 2. The first kappa shape index (κ1) is 21.4. The fourth-order valence-corrected chi connectivity index (χ4v) is 3.15. The minimum atomic E-state index is 0.471. The summed E-state index contributed by atoms with van der Waals surface area (Å²) in [5, 5.41) is 11.2. The largest absolute Gasteiger partial charge is 0.473 e. The van der Waals surface area contributed by atoms with E-state index in [0.29, 0.717) is 25.6 Å². The number of nitrogens with one attached hydrogen (secondary N) is 2. The summed E-state index contributed by atoms with van der Waals surface area (Å²) in [6.45, 7) is 8.55. The molecule has 0 saturated heterocycles. The van der Waals surface area contributed by atoms with Crippen molar-refractivity contribution in [2.24, 2.45) is 12.0 Å². The number of benzene rings is 1. The van der Waals surface area contributed by atoms with Gasteiger partial charge in [-0.3, -0.25) is 4.68 Å². The van der Waals surface area contributed by atoms with Crippen LogP contribution >= 0.6 is 0 Å². The number of hydrogen-bond acceptors (Lipinski definition) is 4. The van der Waals surface area contributed by atoms with E-state index in [1.165, 1.54) is 5.56 Å². The number of aromatic nitrogens is 3. The average Bonchev–Trinajstić information content (AvgIpc) is 3.01. The Kier molecular flexibility index (Phi) is 7.43. The minimum absolute atomic E-state index is 0.471. The van der Waals surface area contributed by atoms with Crippen LogP contribution in [0.1, 0.15) is 35.0 Å². The summed E-state index contributed by atoms with van der Waals surface area (Å²) >= 11 is 0. The first-order valence-corrected chi connectivity index (χ1v) is 10.2. The molecule has 2 N–H and O–H groups in total. The molecule has 0 aliphatic rings. The predicted molar refractivity (Wildman–Crippen MR) is 119 cm³/mol. The summed E-state index contributed by atoms with van der Waals surface area (Å²) in [5.74, 6) is 1.36. The van der Waals surface area contributed by atoms with Crippen molar-refractivity contribution in [3.63, 3.8) is 0 Å². The van der Waals surface area contributed by atoms with E-state index in [-0.39, 0.29) is 0 Å². The number of pyridine rings is 1. The molecule has 158 valence electrons. The molecule has 0 bridgehead atoms. The zero-order valence-electron chi connectivity index (χ0n) is 18.1. The fourth-order valence-electron chi connectivity index (χ4n) is 3.15. The molecule has 0 aliphatic heterocycles. The van der Waals surface area contributed by atoms with Crippen molar-refractivity contribution in [2.75, 3.05) is 6.54 Å². The summed E-state index contributed by atoms with van der Waals surface area (Å²) < 4.78 is 7.85. The van der Waals surface area contributed by atoms with E-state index in [4.69, 9.17) is 9.73 Å².